The summed E-state index contributed by atoms with van der Waals surface area (Å²) in [4.78, 5) is 2.36. The number of nitrogens with zero attached hydrogens (tertiary/aromatic N) is 1. The summed E-state index contributed by atoms with van der Waals surface area (Å²) in [6, 6.07) is 0. The van der Waals surface area contributed by atoms with Crippen LogP contribution in [0.3, 0.4) is 0 Å². The molecule has 0 bridgehead atoms. The molecule has 2 heteroatoms. The Labute approximate surface area is 77.1 Å². The van der Waals surface area contributed by atoms with Gasteiger partial charge in [-0.05, 0) is 25.8 Å². The molecule has 2 N–H and O–H groups in total. The van der Waals surface area contributed by atoms with E-state index in [1.165, 1.54) is 12.8 Å². The van der Waals surface area contributed by atoms with Gasteiger partial charge in [-0.2, -0.15) is 0 Å². The molecule has 2 nitrogen and oxygen atoms in total. The largest absolute Gasteiger partial charge is 0.316 e. The lowest BCUT2D eigenvalue weighted by molar-refractivity contribution is 0.187. The van der Waals surface area contributed by atoms with E-state index in [1.54, 1.807) is 0 Å². The number of hydrogen-bond acceptors (Lipinski definition) is 2. The normalized spacial score (nSPS) is 14.2. The molecule has 1 atom stereocenters. The van der Waals surface area contributed by atoms with Crippen LogP contribution in [0.25, 0.3) is 0 Å². The van der Waals surface area contributed by atoms with Crippen LogP contribution >= 0.6 is 0 Å². The molecule has 1 unspecified atom stereocenters. The molecule has 0 aliphatic rings. The Bertz CT molecular complexity index is 100. The van der Waals surface area contributed by atoms with Gasteiger partial charge in [-0.15, -0.1) is 0 Å². The summed E-state index contributed by atoms with van der Waals surface area (Å²) in [5, 5.41) is 0. The van der Waals surface area contributed by atoms with E-state index in [2.05, 4.69) is 32.6 Å². The van der Waals surface area contributed by atoms with E-state index in [4.69, 9.17) is 5.73 Å². The van der Waals surface area contributed by atoms with Gasteiger partial charge in [0.05, 0.1) is 6.17 Å². The third-order valence-electron chi connectivity index (χ3n) is 1.97. The summed E-state index contributed by atoms with van der Waals surface area (Å²) in [5.74, 6) is 0.716. The van der Waals surface area contributed by atoms with Gasteiger partial charge in [0.15, 0.2) is 0 Å². The zero-order valence-electron chi connectivity index (χ0n) is 9.01. The average molecular weight is 172 g/mol. The highest BCUT2D eigenvalue weighted by molar-refractivity contribution is 4.63. The summed E-state index contributed by atoms with van der Waals surface area (Å²) < 4.78 is 0. The van der Waals surface area contributed by atoms with Crippen molar-refractivity contribution in [3.05, 3.63) is 0 Å². The molecule has 12 heavy (non-hydrogen) atoms. The first kappa shape index (κ1) is 11.9. The van der Waals surface area contributed by atoms with Gasteiger partial charge >= 0.3 is 0 Å². The first-order valence-electron chi connectivity index (χ1n) is 5.07. The molecule has 0 radical (unpaired) electrons. The maximum absolute atomic E-state index is 5.85. The summed E-state index contributed by atoms with van der Waals surface area (Å²) in [6.07, 6.45) is 2.72. The van der Waals surface area contributed by atoms with Crippen molar-refractivity contribution >= 4 is 0 Å². The van der Waals surface area contributed by atoms with Gasteiger partial charge in [0.1, 0.15) is 0 Å². The van der Waals surface area contributed by atoms with Crippen LogP contribution < -0.4 is 5.73 Å². The summed E-state index contributed by atoms with van der Waals surface area (Å²) in [6.45, 7) is 11.0. The van der Waals surface area contributed by atoms with Gasteiger partial charge in [-0.1, -0.05) is 27.2 Å². The maximum Gasteiger partial charge on any atom is 0.0542 e. The quantitative estimate of drug-likeness (QED) is 0.621. The summed E-state index contributed by atoms with van der Waals surface area (Å²) in [5.41, 5.74) is 5.85. The fourth-order valence-corrected chi connectivity index (χ4v) is 1.29. The van der Waals surface area contributed by atoms with Gasteiger partial charge < -0.3 is 5.73 Å². The second-order valence-electron chi connectivity index (χ2n) is 3.98. The van der Waals surface area contributed by atoms with Gasteiger partial charge in [-0.25, -0.2) is 0 Å². The molecule has 0 spiro atoms. The highest BCUT2D eigenvalue weighted by Crippen LogP contribution is 2.03. The highest BCUT2D eigenvalue weighted by Gasteiger charge is 2.09. The molecular formula is C10H24N2. The van der Waals surface area contributed by atoms with E-state index >= 15 is 0 Å². The minimum absolute atomic E-state index is 0.207. The Morgan fingerprint density at radius 1 is 1.25 bits per heavy atom. The van der Waals surface area contributed by atoms with Crippen LogP contribution in [0.2, 0.25) is 0 Å². The monoisotopic (exact) mass is 172 g/mol. The second kappa shape index (κ2) is 6.44. The van der Waals surface area contributed by atoms with Crippen LogP contribution in [0.1, 0.15) is 40.5 Å². The fraction of sp³-hybridized carbons (Fsp3) is 1.00. The standard InChI is InChI=1S/C10H24N2/c1-5-6-7-12(10(4)11)8-9(2)3/h9-10H,5-8,11H2,1-4H3. The molecule has 0 aromatic heterocycles. The molecule has 0 aliphatic heterocycles. The SMILES string of the molecule is CCCCN(CC(C)C)C(C)N. The first-order valence-corrected chi connectivity index (χ1v) is 5.07. The van der Waals surface area contributed by atoms with Crippen LogP contribution in [0.4, 0.5) is 0 Å². The molecule has 74 valence electrons. The zero-order valence-corrected chi connectivity index (χ0v) is 9.01. The van der Waals surface area contributed by atoms with Crippen LogP contribution in [-0.4, -0.2) is 24.2 Å². The lowest BCUT2D eigenvalue weighted by Gasteiger charge is -2.27. The Balaban J connectivity index is 3.70. The van der Waals surface area contributed by atoms with Crippen LogP contribution in [0.15, 0.2) is 0 Å². The van der Waals surface area contributed by atoms with Gasteiger partial charge in [-0.3, -0.25) is 4.90 Å². The Morgan fingerprint density at radius 3 is 2.17 bits per heavy atom. The van der Waals surface area contributed by atoms with E-state index in [-0.39, 0.29) is 6.17 Å². The van der Waals surface area contributed by atoms with Crippen molar-refractivity contribution in [2.24, 2.45) is 11.7 Å². The Morgan fingerprint density at radius 2 is 1.83 bits per heavy atom. The molecule has 0 saturated heterocycles. The van der Waals surface area contributed by atoms with E-state index in [9.17, 15) is 0 Å². The van der Waals surface area contributed by atoms with Crippen LogP contribution in [0.5, 0.6) is 0 Å². The number of nitrogens with two attached hydrogens (primary N) is 1. The van der Waals surface area contributed by atoms with E-state index < -0.39 is 0 Å². The van der Waals surface area contributed by atoms with Crippen molar-refractivity contribution in [1.82, 2.24) is 4.90 Å². The van der Waals surface area contributed by atoms with Crippen molar-refractivity contribution in [1.29, 1.82) is 0 Å². The average Bonchev–Trinajstić information content (AvgIpc) is 1.96. The van der Waals surface area contributed by atoms with Crippen LogP contribution in [-0.2, 0) is 0 Å². The molecule has 0 rings (SSSR count). The Kier molecular flexibility index (Phi) is 6.39. The van der Waals surface area contributed by atoms with Crippen molar-refractivity contribution in [2.45, 2.75) is 46.7 Å². The smallest absolute Gasteiger partial charge is 0.0542 e. The lowest BCUT2D eigenvalue weighted by Crippen LogP contribution is -2.42. The fourth-order valence-electron chi connectivity index (χ4n) is 1.29. The molecule has 0 aromatic carbocycles. The summed E-state index contributed by atoms with van der Waals surface area (Å²) >= 11 is 0. The van der Waals surface area contributed by atoms with Gasteiger partial charge in [0.25, 0.3) is 0 Å². The molecule has 0 amide bonds. The van der Waals surface area contributed by atoms with Crippen LogP contribution in [0, 0.1) is 5.92 Å². The third-order valence-corrected chi connectivity index (χ3v) is 1.97. The molecule has 0 heterocycles. The van der Waals surface area contributed by atoms with E-state index in [1.807, 2.05) is 0 Å². The topological polar surface area (TPSA) is 29.3 Å². The van der Waals surface area contributed by atoms with Crippen molar-refractivity contribution in [2.75, 3.05) is 13.1 Å². The molecule has 0 aliphatic carbocycles. The van der Waals surface area contributed by atoms with Gasteiger partial charge in [0, 0.05) is 6.54 Å². The minimum atomic E-state index is 0.207. The molecule has 0 saturated carbocycles. The lowest BCUT2D eigenvalue weighted by atomic mass is 10.2. The highest BCUT2D eigenvalue weighted by atomic mass is 15.2. The van der Waals surface area contributed by atoms with Crippen molar-refractivity contribution in [3.63, 3.8) is 0 Å². The predicted molar refractivity (Wildman–Crippen MR) is 55.0 cm³/mol. The molecule has 0 aromatic rings. The number of hydrogen-bond donors (Lipinski definition) is 1. The van der Waals surface area contributed by atoms with E-state index in [0.29, 0.717) is 5.92 Å². The second-order valence-corrected chi connectivity index (χ2v) is 3.98. The van der Waals surface area contributed by atoms with E-state index in [0.717, 1.165) is 13.1 Å². The van der Waals surface area contributed by atoms with Gasteiger partial charge in [0.2, 0.25) is 0 Å². The van der Waals surface area contributed by atoms with Crippen molar-refractivity contribution < 1.29 is 0 Å². The number of rotatable bonds is 6. The first-order chi connectivity index (χ1) is 5.57. The molecular weight excluding hydrogens is 148 g/mol. The maximum atomic E-state index is 5.85. The molecule has 0 fully saturated rings. The minimum Gasteiger partial charge on any atom is -0.316 e. The summed E-state index contributed by atoms with van der Waals surface area (Å²) in [7, 11) is 0. The predicted octanol–water partition coefficient (Wildman–Crippen LogP) is 2.05. The number of unbranched alkanes of at least 4 members (excludes halogenated alkanes) is 1. The Hall–Kier alpha value is -0.0800. The van der Waals surface area contributed by atoms with Crippen molar-refractivity contribution in [3.8, 4) is 0 Å². The zero-order chi connectivity index (χ0) is 9.56. The third kappa shape index (κ3) is 5.56.